The lowest BCUT2D eigenvalue weighted by Gasteiger charge is -2.10. The minimum absolute atomic E-state index is 0.0163. The first kappa shape index (κ1) is 19.5. The average Bonchev–Trinajstić information content (AvgIpc) is 2.99. The van der Waals surface area contributed by atoms with Crippen LogP contribution in [0.25, 0.3) is 22.0 Å². The first-order chi connectivity index (χ1) is 13.2. The molecule has 0 radical (unpaired) electrons. The number of benzene rings is 2. The normalized spacial score (nSPS) is 12.1. The number of nitrogens with zero attached hydrogens (tertiary/aromatic N) is 2. The summed E-state index contributed by atoms with van der Waals surface area (Å²) in [6.07, 6.45) is 2.96. The van der Waals surface area contributed by atoms with E-state index in [1.807, 2.05) is 23.8 Å². The molecule has 0 fully saturated rings. The number of aromatic nitrogens is 1. The van der Waals surface area contributed by atoms with Crippen LogP contribution >= 0.6 is 0 Å². The summed E-state index contributed by atoms with van der Waals surface area (Å²) in [6, 6.07) is 11.3. The summed E-state index contributed by atoms with van der Waals surface area (Å²) in [5.41, 5.74) is 2.58. The Balaban J connectivity index is 2.25. The Hall–Kier alpha value is -3.29. The molecule has 0 saturated heterocycles. The lowest BCUT2D eigenvalue weighted by atomic mass is 10.0. The first-order valence-electron chi connectivity index (χ1n) is 8.48. The quantitative estimate of drug-likeness (QED) is 0.670. The summed E-state index contributed by atoms with van der Waals surface area (Å²) in [5.74, 6) is 5.37. The van der Waals surface area contributed by atoms with E-state index in [1.54, 1.807) is 31.2 Å². The lowest BCUT2D eigenvalue weighted by Crippen LogP contribution is -2.09. The van der Waals surface area contributed by atoms with Crippen LogP contribution in [-0.4, -0.2) is 19.2 Å². The highest BCUT2D eigenvalue weighted by molar-refractivity contribution is 7.92. The number of anilines is 1. The number of hydrogen-bond donors (Lipinski definition) is 1. The van der Waals surface area contributed by atoms with Crippen LogP contribution in [0, 0.1) is 29.0 Å². The Morgan fingerprint density at radius 3 is 2.57 bits per heavy atom. The van der Waals surface area contributed by atoms with Gasteiger partial charge in [0.1, 0.15) is 11.9 Å². The Bertz CT molecular complexity index is 1270. The van der Waals surface area contributed by atoms with Gasteiger partial charge in [0.25, 0.3) is 0 Å². The van der Waals surface area contributed by atoms with Gasteiger partial charge in [0.05, 0.1) is 29.1 Å². The van der Waals surface area contributed by atoms with E-state index in [0.717, 1.165) is 22.7 Å². The highest BCUT2D eigenvalue weighted by Crippen LogP contribution is 2.35. The molecule has 0 saturated carbocycles. The maximum Gasteiger partial charge on any atom is 0.229 e. The third-order valence-corrected chi connectivity index (χ3v) is 4.92. The van der Waals surface area contributed by atoms with Crippen molar-refractivity contribution in [3.8, 4) is 29.0 Å². The van der Waals surface area contributed by atoms with Crippen molar-refractivity contribution in [2.24, 2.45) is 0 Å². The van der Waals surface area contributed by atoms with E-state index in [-0.39, 0.29) is 11.6 Å². The number of halogens is 1. The fraction of sp³-hybridized carbons (Fsp3) is 0.190. The van der Waals surface area contributed by atoms with E-state index in [4.69, 9.17) is 5.26 Å². The topological polar surface area (TPSA) is 74.9 Å². The Kier molecular flexibility index (Phi) is 5.13. The van der Waals surface area contributed by atoms with Crippen LogP contribution in [-0.2, 0) is 10.0 Å². The highest BCUT2D eigenvalue weighted by atomic mass is 32.2. The van der Waals surface area contributed by atoms with Gasteiger partial charge in [-0.05, 0) is 43.7 Å². The van der Waals surface area contributed by atoms with Gasteiger partial charge in [-0.1, -0.05) is 18.1 Å². The lowest BCUT2D eigenvalue weighted by molar-refractivity contribution is 0.607. The van der Waals surface area contributed by atoms with Gasteiger partial charge in [-0.15, -0.1) is 5.92 Å². The van der Waals surface area contributed by atoms with Crippen molar-refractivity contribution < 1.29 is 12.8 Å². The number of nitrogens with one attached hydrogen (secondary N) is 1. The van der Waals surface area contributed by atoms with Gasteiger partial charge < -0.3 is 4.57 Å². The summed E-state index contributed by atoms with van der Waals surface area (Å²) < 4.78 is 41.7. The van der Waals surface area contributed by atoms with Gasteiger partial charge in [-0.3, -0.25) is 4.72 Å². The van der Waals surface area contributed by atoms with Gasteiger partial charge in [0.15, 0.2) is 0 Å². The van der Waals surface area contributed by atoms with Gasteiger partial charge in [0, 0.05) is 17.1 Å². The van der Waals surface area contributed by atoms with Crippen molar-refractivity contribution in [1.29, 1.82) is 5.26 Å². The molecule has 0 bridgehead atoms. The smallest absolute Gasteiger partial charge is 0.229 e. The Morgan fingerprint density at radius 1 is 1.21 bits per heavy atom. The second-order valence-corrected chi connectivity index (χ2v) is 8.18. The Morgan fingerprint density at radius 2 is 1.96 bits per heavy atom. The summed E-state index contributed by atoms with van der Waals surface area (Å²) >= 11 is 0. The van der Waals surface area contributed by atoms with E-state index < -0.39 is 15.8 Å². The van der Waals surface area contributed by atoms with Crippen LogP contribution in [0.2, 0.25) is 0 Å². The van der Waals surface area contributed by atoms with Gasteiger partial charge in [-0.25, -0.2) is 12.8 Å². The van der Waals surface area contributed by atoms with Gasteiger partial charge >= 0.3 is 0 Å². The maximum absolute atomic E-state index is 14.1. The van der Waals surface area contributed by atoms with Crippen LogP contribution in [0.3, 0.4) is 0 Å². The van der Waals surface area contributed by atoms with Crippen molar-refractivity contribution in [1.82, 2.24) is 4.57 Å². The van der Waals surface area contributed by atoms with Crippen LogP contribution in [0.4, 0.5) is 10.1 Å². The zero-order valence-corrected chi connectivity index (χ0v) is 16.4. The molecule has 1 atom stereocenters. The number of fused-ring (bicyclic) bond motifs is 1. The molecule has 0 spiro atoms. The number of nitriles is 1. The van der Waals surface area contributed by atoms with Crippen molar-refractivity contribution in [3.63, 3.8) is 0 Å². The molecule has 7 heteroatoms. The molecule has 3 aromatic rings. The second-order valence-electron chi connectivity index (χ2n) is 6.43. The molecule has 1 unspecified atom stereocenters. The van der Waals surface area contributed by atoms with E-state index in [2.05, 4.69) is 16.6 Å². The summed E-state index contributed by atoms with van der Waals surface area (Å²) in [7, 11) is -3.42. The number of sulfonamides is 1. The fourth-order valence-corrected chi connectivity index (χ4v) is 3.69. The van der Waals surface area contributed by atoms with Crippen molar-refractivity contribution in [2.45, 2.75) is 19.9 Å². The van der Waals surface area contributed by atoms with Crippen LogP contribution in [0.5, 0.6) is 0 Å². The Labute approximate surface area is 163 Å². The molecule has 1 N–H and O–H groups in total. The standard InChI is InChI=1S/C21H18FN3O2S/c1-4-5-14(2)25-13-19(15-6-7-16(12-23)20(22)10-15)18-9-8-17(11-21(18)25)24-28(3,26)27/h6-11,13-14,24H,1-3H3. The van der Waals surface area contributed by atoms with Crippen molar-refractivity contribution in [3.05, 3.63) is 54.0 Å². The molecule has 28 heavy (non-hydrogen) atoms. The van der Waals surface area contributed by atoms with E-state index >= 15 is 0 Å². The molecule has 3 rings (SSSR count). The molecular weight excluding hydrogens is 377 g/mol. The predicted octanol–water partition coefficient (Wildman–Crippen LogP) is 4.27. The molecule has 5 nitrogen and oxygen atoms in total. The van der Waals surface area contributed by atoms with E-state index in [9.17, 15) is 12.8 Å². The van der Waals surface area contributed by atoms with Crippen LogP contribution in [0.15, 0.2) is 42.6 Å². The van der Waals surface area contributed by atoms with Gasteiger partial charge in [0.2, 0.25) is 10.0 Å². The van der Waals surface area contributed by atoms with Crippen LogP contribution < -0.4 is 4.72 Å². The molecular formula is C21H18FN3O2S. The monoisotopic (exact) mass is 395 g/mol. The molecule has 142 valence electrons. The zero-order chi connectivity index (χ0) is 20.5. The average molecular weight is 395 g/mol. The minimum atomic E-state index is -3.42. The molecule has 0 aliphatic carbocycles. The van der Waals surface area contributed by atoms with Crippen LogP contribution in [0.1, 0.15) is 25.5 Å². The number of hydrogen-bond acceptors (Lipinski definition) is 3. The minimum Gasteiger partial charge on any atom is -0.333 e. The number of rotatable bonds is 4. The van der Waals surface area contributed by atoms with E-state index in [1.165, 1.54) is 12.1 Å². The second kappa shape index (κ2) is 7.38. The van der Waals surface area contributed by atoms with Crippen molar-refractivity contribution in [2.75, 3.05) is 11.0 Å². The van der Waals surface area contributed by atoms with E-state index in [0.29, 0.717) is 11.3 Å². The maximum atomic E-state index is 14.1. The predicted molar refractivity (Wildman–Crippen MR) is 109 cm³/mol. The molecule has 1 heterocycles. The fourth-order valence-electron chi connectivity index (χ4n) is 3.13. The zero-order valence-electron chi connectivity index (χ0n) is 15.6. The molecule has 0 aliphatic rings. The highest BCUT2D eigenvalue weighted by Gasteiger charge is 2.16. The van der Waals surface area contributed by atoms with Crippen molar-refractivity contribution >= 4 is 26.6 Å². The largest absolute Gasteiger partial charge is 0.333 e. The molecule has 2 aromatic carbocycles. The molecule has 1 aromatic heterocycles. The molecule has 0 aliphatic heterocycles. The SMILES string of the molecule is CC#CC(C)n1cc(-c2ccc(C#N)c(F)c2)c2ccc(NS(C)(=O)=O)cc21. The third-order valence-electron chi connectivity index (χ3n) is 4.31. The third kappa shape index (κ3) is 3.85. The summed E-state index contributed by atoms with van der Waals surface area (Å²) in [6.45, 7) is 3.67. The first-order valence-corrected chi connectivity index (χ1v) is 10.4. The van der Waals surface area contributed by atoms with Gasteiger partial charge in [-0.2, -0.15) is 5.26 Å². The summed E-state index contributed by atoms with van der Waals surface area (Å²) in [5, 5.41) is 9.77. The summed E-state index contributed by atoms with van der Waals surface area (Å²) in [4.78, 5) is 0. The molecule has 0 amide bonds.